The maximum atomic E-state index is 14.0. The SMILES string of the molecule is CSCC[C@@H](NC(=O)N[C@H](Cc1cccc(O)c1)C(=O)O)C(=O)N[C@@H](C(=O)N/C=C1/C[C@@H](O)[C@H](N2CCC(=O)NC2=O)O1)[C@@H](C)N(C)C(=O)[C@H]1Cc2cc(O)ccc2CN1. The number of aliphatic carboxylic acids is 1. The number of carbonyl (C=O) groups is 7. The number of carboxylic acid groups (broad SMARTS) is 1. The van der Waals surface area contributed by atoms with E-state index in [9.17, 15) is 54.0 Å². The number of ether oxygens (including phenoxy) is 1. The van der Waals surface area contributed by atoms with Gasteiger partial charge >= 0.3 is 18.0 Å². The number of nitrogens with one attached hydrogen (secondary N) is 6. The standard InChI is InChI=1S/C39H50N8O12S/c1-20(46(2)35(54)28-16-23-15-25(49)8-7-22(23)18-40-28)32(34(53)41-19-26-17-30(50)36(59-26)47-11-9-31(51)44-39(47)58)45-33(52)27(10-12-60-3)42-38(57)43-29(37(55)56)14-21-5-4-6-24(48)13-21/h4-8,13,15,19-20,27-30,32,36,40,48-50H,9-12,14,16-18H2,1-3H3,(H,41,53)(H,45,52)(H,55,56)(H2,42,43,57)(H,44,51,58)/b26-19-/t20-,27-,28-,29-,30-,32-,36-/m1/s1. The molecule has 21 heteroatoms. The quantitative estimate of drug-likeness (QED) is 0.103. The number of carboxylic acids is 1. The fourth-order valence-electron chi connectivity index (χ4n) is 7.00. The number of phenolic OH excluding ortho intramolecular Hbond substituents is 2. The molecule has 0 unspecified atom stereocenters. The highest BCUT2D eigenvalue weighted by atomic mass is 32.2. The average Bonchev–Trinajstić information content (AvgIpc) is 3.58. The maximum absolute atomic E-state index is 14.0. The number of aliphatic hydroxyl groups is 1. The van der Waals surface area contributed by atoms with Crippen molar-refractivity contribution >= 4 is 53.4 Å². The number of imide groups is 1. The van der Waals surface area contributed by atoms with Crippen molar-refractivity contribution in [3.05, 3.63) is 71.1 Å². The van der Waals surface area contributed by atoms with Crippen LogP contribution in [0.4, 0.5) is 9.59 Å². The largest absolute Gasteiger partial charge is 0.508 e. The van der Waals surface area contributed by atoms with E-state index in [2.05, 4.69) is 31.9 Å². The highest BCUT2D eigenvalue weighted by Crippen LogP contribution is 2.27. The van der Waals surface area contributed by atoms with E-state index < -0.39 is 84.2 Å². The highest BCUT2D eigenvalue weighted by Gasteiger charge is 2.41. The Morgan fingerprint density at radius 2 is 1.73 bits per heavy atom. The van der Waals surface area contributed by atoms with Gasteiger partial charge in [0, 0.05) is 45.6 Å². The van der Waals surface area contributed by atoms with Crippen molar-refractivity contribution in [2.75, 3.05) is 25.6 Å². The first-order chi connectivity index (χ1) is 28.5. The lowest BCUT2D eigenvalue weighted by Gasteiger charge is -2.36. The second-order valence-electron chi connectivity index (χ2n) is 14.7. The van der Waals surface area contributed by atoms with E-state index in [0.717, 1.165) is 22.2 Å². The monoisotopic (exact) mass is 854 g/mol. The molecular weight excluding hydrogens is 805 g/mol. The molecule has 0 aromatic heterocycles. The Morgan fingerprint density at radius 3 is 2.43 bits per heavy atom. The van der Waals surface area contributed by atoms with Crippen molar-refractivity contribution in [3.63, 3.8) is 0 Å². The Hall–Kier alpha value is -6.06. The van der Waals surface area contributed by atoms with Gasteiger partial charge in [-0.1, -0.05) is 18.2 Å². The molecule has 8 amide bonds. The minimum Gasteiger partial charge on any atom is -0.508 e. The van der Waals surface area contributed by atoms with Gasteiger partial charge in [0.05, 0.1) is 12.1 Å². The summed E-state index contributed by atoms with van der Waals surface area (Å²) in [6, 6.07) is 3.07. The third-order valence-electron chi connectivity index (χ3n) is 10.4. The number of aromatic hydroxyl groups is 2. The van der Waals surface area contributed by atoms with Gasteiger partial charge < -0.3 is 56.6 Å². The van der Waals surface area contributed by atoms with Crippen molar-refractivity contribution < 1.29 is 58.7 Å². The summed E-state index contributed by atoms with van der Waals surface area (Å²) in [5.74, 6) is -3.49. The van der Waals surface area contributed by atoms with Crippen LogP contribution in [-0.4, -0.2) is 140 Å². The number of urea groups is 2. The third kappa shape index (κ3) is 11.6. The van der Waals surface area contributed by atoms with Gasteiger partial charge in [0.15, 0.2) is 0 Å². The number of likely N-dealkylation sites (N-methyl/N-ethyl adjacent to an activating group) is 1. The molecule has 10 N–H and O–H groups in total. The van der Waals surface area contributed by atoms with Gasteiger partial charge in [-0.2, -0.15) is 11.8 Å². The lowest BCUT2D eigenvalue weighted by Crippen LogP contribution is -2.62. The summed E-state index contributed by atoms with van der Waals surface area (Å²) in [6.45, 7) is 1.88. The zero-order valence-electron chi connectivity index (χ0n) is 33.2. The van der Waals surface area contributed by atoms with Gasteiger partial charge in [0.1, 0.15) is 41.5 Å². The fraction of sp³-hybridized carbons (Fsp3) is 0.462. The molecular formula is C39H50N8O12S. The number of nitrogens with zero attached hydrogens (tertiary/aromatic N) is 2. The molecule has 3 aliphatic heterocycles. The number of hydrogen-bond donors (Lipinski definition) is 10. The van der Waals surface area contributed by atoms with Gasteiger partial charge in [0.2, 0.25) is 29.9 Å². The van der Waals surface area contributed by atoms with Crippen molar-refractivity contribution in [2.24, 2.45) is 0 Å². The van der Waals surface area contributed by atoms with Crippen LogP contribution in [-0.2, 0) is 48.1 Å². The summed E-state index contributed by atoms with van der Waals surface area (Å²) in [5.41, 5.74) is 2.10. The number of benzene rings is 2. The van der Waals surface area contributed by atoms with E-state index in [0.29, 0.717) is 17.9 Å². The van der Waals surface area contributed by atoms with Gasteiger partial charge in [-0.05, 0) is 72.7 Å². The zero-order chi connectivity index (χ0) is 43.7. The topological polar surface area (TPSA) is 288 Å². The Balaban J connectivity index is 1.33. The van der Waals surface area contributed by atoms with Crippen LogP contribution in [0.5, 0.6) is 11.5 Å². The average molecular weight is 855 g/mol. The van der Waals surface area contributed by atoms with Crippen molar-refractivity contribution in [2.45, 2.75) is 88.1 Å². The number of thioether (sulfide) groups is 1. The Labute approximate surface area is 349 Å². The molecule has 0 aliphatic carbocycles. The minimum absolute atomic E-state index is 0.00107. The molecule has 0 bridgehead atoms. The highest BCUT2D eigenvalue weighted by molar-refractivity contribution is 7.98. The van der Waals surface area contributed by atoms with Crippen LogP contribution < -0.4 is 31.9 Å². The molecule has 324 valence electrons. The van der Waals surface area contributed by atoms with Crippen LogP contribution in [0.2, 0.25) is 0 Å². The summed E-state index contributed by atoms with van der Waals surface area (Å²) >= 11 is 1.37. The number of hydrogen-bond acceptors (Lipinski definition) is 13. The van der Waals surface area contributed by atoms with Crippen LogP contribution in [0.1, 0.15) is 42.9 Å². The molecule has 0 radical (unpaired) electrons. The van der Waals surface area contributed by atoms with Gasteiger partial charge in [-0.3, -0.25) is 29.4 Å². The molecule has 2 saturated heterocycles. The normalized spacial score (nSPS) is 21.3. The lowest BCUT2D eigenvalue weighted by molar-refractivity contribution is -0.139. The first-order valence-corrected chi connectivity index (χ1v) is 20.6. The van der Waals surface area contributed by atoms with Crippen LogP contribution in [0.15, 0.2) is 54.4 Å². The molecule has 3 heterocycles. The molecule has 0 saturated carbocycles. The van der Waals surface area contributed by atoms with E-state index >= 15 is 0 Å². The second-order valence-corrected chi connectivity index (χ2v) is 15.7. The zero-order valence-corrected chi connectivity index (χ0v) is 34.0. The van der Waals surface area contributed by atoms with Crippen LogP contribution >= 0.6 is 11.8 Å². The van der Waals surface area contributed by atoms with E-state index in [-0.39, 0.29) is 55.9 Å². The predicted molar refractivity (Wildman–Crippen MR) is 215 cm³/mol. The van der Waals surface area contributed by atoms with Crippen LogP contribution in [0.3, 0.4) is 0 Å². The smallest absolute Gasteiger partial charge is 0.327 e. The molecule has 2 aromatic carbocycles. The molecule has 3 aliphatic rings. The number of phenols is 2. The second kappa shape index (κ2) is 20.3. The molecule has 20 nitrogen and oxygen atoms in total. The summed E-state index contributed by atoms with van der Waals surface area (Å²) in [6.07, 6.45) is 0.594. The summed E-state index contributed by atoms with van der Waals surface area (Å²) < 4.78 is 5.77. The van der Waals surface area contributed by atoms with Crippen molar-refractivity contribution in [1.82, 2.24) is 41.7 Å². The van der Waals surface area contributed by atoms with E-state index in [1.165, 1.54) is 48.8 Å². The Bertz CT molecular complexity index is 2000. The van der Waals surface area contributed by atoms with Crippen molar-refractivity contribution in [3.8, 4) is 11.5 Å². The molecule has 2 aromatic rings. The van der Waals surface area contributed by atoms with Crippen LogP contribution in [0.25, 0.3) is 0 Å². The first-order valence-electron chi connectivity index (χ1n) is 19.2. The Kier molecular flexibility index (Phi) is 15.2. The molecule has 60 heavy (non-hydrogen) atoms. The third-order valence-corrected chi connectivity index (χ3v) is 11.1. The van der Waals surface area contributed by atoms with E-state index in [1.54, 1.807) is 30.5 Å². The number of aliphatic hydroxyl groups excluding tert-OH is 1. The van der Waals surface area contributed by atoms with E-state index in [1.807, 2.05) is 0 Å². The summed E-state index contributed by atoms with van der Waals surface area (Å²) in [4.78, 5) is 93.8. The maximum Gasteiger partial charge on any atom is 0.327 e. The minimum atomic E-state index is -1.47. The Morgan fingerprint density at radius 1 is 1.00 bits per heavy atom. The van der Waals surface area contributed by atoms with Gasteiger partial charge in [-0.25, -0.2) is 14.4 Å². The van der Waals surface area contributed by atoms with E-state index in [4.69, 9.17) is 4.74 Å². The van der Waals surface area contributed by atoms with Gasteiger partial charge in [-0.15, -0.1) is 0 Å². The number of amides is 8. The predicted octanol–water partition coefficient (Wildman–Crippen LogP) is -0.433. The van der Waals surface area contributed by atoms with Crippen molar-refractivity contribution in [1.29, 1.82) is 0 Å². The molecule has 5 rings (SSSR count). The summed E-state index contributed by atoms with van der Waals surface area (Å²) in [7, 11) is 1.46. The fourth-order valence-corrected chi connectivity index (χ4v) is 7.47. The number of carbonyl (C=O) groups excluding carboxylic acids is 6. The number of fused-ring (bicyclic) bond motifs is 1. The number of rotatable bonds is 16. The first kappa shape index (κ1) is 45.0. The molecule has 0 spiro atoms. The lowest BCUT2D eigenvalue weighted by atomic mass is 9.94. The van der Waals surface area contributed by atoms with Gasteiger partial charge in [0.25, 0.3) is 0 Å². The van der Waals surface area contributed by atoms with Crippen LogP contribution in [0, 0.1) is 0 Å². The molecule has 2 fully saturated rings. The molecule has 7 atom stereocenters. The summed E-state index contributed by atoms with van der Waals surface area (Å²) in [5, 5.41) is 55.8.